The summed E-state index contributed by atoms with van der Waals surface area (Å²) in [5, 5.41) is -0.853. The highest BCUT2D eigenvalue weighted by Gasteiger charge is 2.26. The molecule has 100 valence electrons. The van der Waals surface area contributed by atoms with Crippen molar-refractivity contribution in [2.75, 3.05) is 4.72 Å². The van der Waals surface area contributed by atoms with Gasteiger partial charge in [0, 0.05) is 13.7 Å². The van der Waals surface area contributed by atoms with Crippen molar-refractivity contribution in [1.82, 2.24) is 0 Å². The average molecular weight is 463 g/mol. The Hall–Kier alpha value is 0.0700. The molecular formula is C10H12BrIN2O2S2. The Labute approximate surface area is 134 Å². The minimum Gasteiger partial charge on any atom is -0.392 e. The fourth-order valence-electron chi connectivity index (χ4n) is 1.37. The summed E-state index contributed by atoms with van der Waals surface area (Å²) in [7, 11) is -3.59. The van der Waals surface area contributed by atoms with Crippen molar-refractivity contribution in [1.29, 1.82) is 0 Å². The molecule has 0 radical (unpaired) electrons. The Morgan fingerprint density at radius 1 is 1.61 bits per heavy atom. The van der Waals surface area contributed by atoms with E-state index in [-0.39, 0.29) is 4.99 Å². The molecule has 1 unspecified atom stereocenters. The van der Waals surface area contributed by atoms with Crippen LogP contribution in [0.25, 0.3) is 0 Å². The van der Waals surface area contributed by atoms with Gasteiger partial charge < -0.3 is 5.73 Å². The van der Waals surface area contributed by atoms with E-state index in [1.807, 2.05) is 0 Å². The molecule has 1 aromatic carbocycles. The summed E-state index contributed by atoms with van der Waals surface area (Å²) in [4.78, 5) is -0.0168. The van der Waals surface area contributed by atoms with Gasteiger partial charge in [-0.25, -0.2) is 8.42 Å². The number of halogens is 2. The molecule has 0 heterocycles. The van der Waals surface area contributed by atoms with Crippen LogP contribution in [0.2, 0.25) is 0 Å². The molecule has 3 N–H and O–H groups in total. The molecule has 0 bridgehead atoms. The molecule has 18 heavy (non-hydrogen) atoms. The first-order valence-corrected chi connectivity index (χ1v) is 8.86. The maximum Gasteiger partial charge on any atom is 0.242 e. The van der Waals surface area contributed by atoms with Crippen molar-refractivity contribution in [2.24, 2.45) is 5.73 Å². The molecule has 0 aliphatic carbocycles. The third-order valence-electron chi connectivity index (χ3n) is 2.24. The van der Waals surface area contributed by atoms with Crippen LogP contribution in [0.4, 0.5) is 5.69 Å². The molecule has 0 aromatic heterocycles. The number of nitrogens with one attached hydrogen (secondary N) is 1. The van der Waals surface area contributed by atoms with Crippen LogP contribution in [0.3, 0.4) is 0 Å². The summed E-state index contributed by atoms with van der Waals surface area (Å²) in [6, 6.07) is 5.19. The quantitative estimate of drug-likeness (QED) is 0.521. The first kappa shape index (κ1) is 16.1. The zero-order valence-corrected chi connectivity index (χ0v) is 14.9. The standard InChI is InChI=1S/C10H12BrIN2O2S2/c1-2-9(10(13)17)18(15,16)14-6-3-4-7(11)8(12)5-6/h3-5,9,14H,2H2,1H3,(H2,13,17). The second-order valence-electron chi connectivity index (χ2n) is 3.58. The van der Waals surface area contributed by atoms with Gasteiger partial charge in [0.2, 0.25) is 10.0 Å². The summed E-state index contributed by atoms with van der Waals surface area (Å²) in [6.45, 7) is 1.73. The maximum absolute atomic E-state index is 12.1. The average Bonchev–Trinajstić information content (AvgIpc) is 2.22. The van der Waals surface area contributed by atoms with Crippen LogP contribution in [-0.4, -0.2) is 18.7 Å². The van der Waals surface area contributed by atoms with E-state index in [1.54, 1.807) is 25.1 Å². The predicted molar refractivity (Wildman–Crippen MR) is 90.3 cm³/mol. The first-order valence-electron chi connectivity index (χ1n) is 5.04. The number of hydrogen-bond donors (Lipinski definition) is 2. The number of sulfonamides is 1. The minimum atomic E-state index is -3.59. The molecule has 1 aromatic rings. The molecule has 0 saturated heterocycles. The topological polar surface area (TPSA) is 72.2 Å². The Morgan fingerprint density at radius 2 is 2.22 bits per heavy atom. The SMILES string of the molecule is CCC(C(N)=S)S(=O)(=O)Nc1ccc(Br)c(I)c1. The van der Waals surface area contributed by atoms with Gasteiger partial charge in [0.15, 0.2) is 0 Å². The zero-order chi connectivity index (χ0) is 13.9. The van der Waals surface area contributed by atoms with E-state index >= 15 is 0 Å². The van der Waals surface area contributed by atoms with Crippen molar-refractivity contribution in [2.45, 2.75) is 18.6 Å². The molecule has 1 rings (SSSR count). The van der Waals surface area contributed by atoms with Crippen molar-refractivity contribution < 1.29 is 8.42 Å². The maximum atomic E-state index is 12.1. The number of thiocarbonyl (C=S) groups is 1. The summed E-state index contributed by atoms with van der Waals surface area (Å²) >= 11 is 10.2. The van der Waals surface area contributed by atoms with Gasteiger partial charge in [-0.1, -0.05) is 19.1 Å². The highest BCUT2D eigenvalue weighted by Crippen LogP contribution is 2.24. The largest absolute Gasteiger partial charge is 0.392 e. The monoisotopic (exact) mass is 462 g/mol. The highest BCUT2D eigenvalue weighted by molar-refractivity contribution is 14.1. The first-order chi connectivity index (χ1) is 8.27. The van der Waals surface area contributed by atoms with Crippen LogP contribution in [0.5, 0.6) is 0 Å². The third-order valence-corrected chi connectivity index (χ3v) is 6.86. The van der Waals surface area contributed by atoms with Gasteiger partial charge in [-0.3, -0.25) is 4.72 Å². The van der Waals surface area contributed by atoms with Crippen LogP contribution in [0, 0.1) is 3.57 Å². The Balaban J connectivity index is 3.01. The van der Waals surface area contributed by atoms with Crippen LogP contribution in [0.1, 0.15) is 13.3 Å². The van der Waals surface area contributed by atoms with Crippen molar-refractivity contribution >= 4 is 71.4 Å². The van der Waals surface area contributed by atoms with Gasteiger partial charge in [-0.05, 0) is 63.1 Å². The lowest BCUT2D eigenvalue weighted by Crippen LogP contribution is -2.37. The van der Waals surface area contributed by atoms with E-state index < -0.39 is 15.3 Å². The molecule has 0 spiro atoms. The molecule has 4 nitrogen and oxygen atoms in total. The Bertz CT molecular complexity index is 563. The second kappa shape index (κ2) is 6.49. The van der Waals surface area contributed by atoms with Gasteiger partial charge in [-0.2, -0.15) is 0 Å². The van der Waals surface area contributed by atoms with E-state index in [0.717, 1.165) is 8.04 Å². The lowest BCUT2D eigenvalue weighted by molar-refractivity contribution is 0.594. The third kappa shape index (κ3) is 4.04. The van der Waals surface area contributed by atoms with Crippen LogP contribution in [0.15, 0.2) is 22.7 Å². The molecule has 0 amide bonds. The van der Waals surface area contributed by atoms with Crippen LogP contribution < -0.4 is 10.5 Å². The fourth-order valence-corrected chi connectivity index (χ4v) is 4.02. The number of rotatable bonds is 5. The summed E-state index contributed by atoms with van der Waals surface area (Å²) < 4.78 is 28.5. The molecule has 0 aliphatic rings. The zero-order valence-electron chi connectivity index (χ0n) is 9.48. The highest BCUT2D eigenvalue weighted by atomic mass is 127. The lowest BCUT2D eigenvalue weighted by atomic mass is 10.3. The summed E-state index contributed by atoms with van der Waals surface area (Å²) in [6.07, 6.45) is 0.346. The van der Waals surface area contributed by atoms with Crippen molar-refractivity contribution in [3.8, 4) is 0 Å². The normalized spacial score (nSPS) is 13.1. The van der Waals surface area contributed by atoms with Crippen molar-refractivity contribution in [3.63, 3.8) is 0 Å². The lowest BCUT2D eigenvalue weighted by Gasteiger charge is -2.16. The van der Waals surface area contributed by atoms with E-state index in [2.05, 4.69) is 43.2 Å². The van der Waals surface area contributed by atoms with E-state index in [1.165, 1.54) is 0 Å². The molecule has 8 heteroatoms. The molecule has 1 atom stereocenters. The summed E-state index contributed by atoms with van der Waals surface area (Å²) in [5.41, 5.74) is 5.94. The molecule has 0 fully saturated rings. The second-order valence-corrected chi connectivity index (χ2v) is 7.93. The number of hydrogen-bond acceptors (Lipinski definition) is 3. The van der Waals surface area contributed by atoms with E-state index in [4.69, 9.17) is 18.0 Å². The van der Waals surface area contributed by atoms with Gasteiger partial charge in [0.25, 0.3) is 0 Å². The smallest absolute Gasteiger partial charge is 0.242 e. The minimum absolute atomic E-state index is 0.0168. The Kier molecular flexibility index (Phi) is 5.81. The number of anilines is 1. The Morgan fingerprint density at radius 3 is 2.67 bits per heavy atom. The fraction of sp³-hybridized carbons (Fsp3) is 0.300. The molecular weight excluding hydrogens is 451 g/mol. The van der Waals surface area contributed by atoms with Gasteiger partial charge in [-0.15, -0.1) is 0 Å². The van der Waals surface area contributed by atoms with Gasteiger partial charge >= 0.3 is 0 Å². The van der Waals surface area contributed by atoms with Crippen LogP contribution >= 0.6 is 50.7 Å². The number of benzene rings is 1. The van der Waals surface area contributed by atoms with Gasteiger partial charge in [0.1, 0.15) is 5.25 Å². The summed E-state index contributed by atoms with van der Waals surface area (Å²) in [5.74, 6) is 0. The number of nitrogens with two attached hydrogens (primary N) is 1. The molecule has 0 aliphatic heterocycles. The predicted octanol–water partition coefficient (Wildman–Crippen LogP) is 2.86. The van der Waals surface area contributed by atoms with Crippen LogP contribution in [-0.2, 0) is 10.0 Å². The van der Waals surface area contributed by atoms with E-state index in [0.29, 0.717) is 12.1 Å². The van der Waals surface area contributed by atoms with E-state index in [9.17, 15) is 8.42 Å². The van der Waals surface area contributed by atoms with Crippen molar-refractivity contribution in [3.05, 3.63) is 26.2 Å². The molecule has 0 saturated carbocycles. The van der Waals surface area contributed by atoms with Gasteiger partial charge in [0.05, 0.1) is 4.99 Å².